The summed E-state index contributed by atoms with van der Waals surface area (Å²) in [5.74, 6) is -0.0372. The van der Waals surface area contributed by atoms with Crippen LogP contribution >= 0.6 is 12.4 Å². The van der Waals surface area contributed by atoms with Gasteiger partial charge in [-0.25, -0.2) is 0 Å². The summed E-state index contributed by atoms with van der Waals surface area (Å²) in [7, 11) is 1.77. The van der Waals surface area contributed by atoms with Crippen LogP contribution in [-0.4, -0.2) is 24.9 Å². The van der Waals surface area contributed by atoms with Crippen LogP contribution in [0, 0.1) is 0 Å². The molecule has 26 heavy (non-hydrogen) atoms. The second kappa shape index (κ2) is 10.6. The monoisotopic (exact) mass is 375 g/mol. The van der Waals surface area contributed by atoms with Crippen molar-refractivity contribution in [1.82, 2.24) is 0 Å². The zero-order valence-corrected chi connectivity index (χ0v) is 16.0. The lowest BCUT2D eigenvalue weighted by Crippen LogP contribution is -2.27. The van der Waals surface area contributed by atoms with Crippen molar-refractivity contribution < 1.29 is 9.59 Å². The molecule has 0 aliphatic carbocycles. The molecule has 1 unspecified atom stereocenters. The van der Waals surface area contributed by atoms with E-state index in [0.717, 1.165) is 16.9 Å². The molecule has 0 fully saturated rings. The third kappa shape index (κ3) is 6.86. The normalized spacial score (nSPS) is 11.2. The van der Waals surface area contributed by atoms with Crippen LogP contribution in [0.2, 0.25) is 0 Å². The van der Waals surface area contributed by atoms with Gasteiger partial charge in [-0.3, -0.25) is 9.59 Å². The van der Waals surface area contributed by atoms with E-state index in [1.807, 2.05) is 61.5 Å². The number of anilines is 2. The number of para-hydroxylation sites is 1. The molecule has 0 aliphatic rings. The summed E-state index contributed by atoms with van der Waals surface area (Å²) in [6.45, 7) is 1.88. The number of nitrogens with zero attached hydrogens (tertiary/aromatic N) is 1. The lowest BCUT2D eigenvalue weighted by Gasteiger charge is -2.17. The van der Waals surface area contributed by atoms with Crippen molar-refractivity contribution >= 4 is 35.6 Å². The van der Waals surface area contributed by atoms with Gasteiger partial charge in [-0.05, 0) is 43.2 Å². The molecule has 2 aromatic carbocycles. The first-order chi connectivity index (χ1) is 12.0. The molecule has 0 saturated carbocycles. The Labute approximate surface area is 161 Å². The van der Waals surface area contributed by atoms with Gasteiger partial charge in [0.2, 0.25) is 11.8 Å². The number of rotatable bonds is 7. The molecule has 0 heterocycles. The second-order valence-electron chi connectivity index (χ2n) is 6.23. The summed E-state index contributed by atoms with van der Waals surface area (Å²) < 4.78 is 0. The summed E-state index contributed by atoms with van der Waals surface area (Å²) in [5.41, 5.74) is 8.15. The van der Waals surface area contributed by atoms with E-state index in [9.17, 15) is 9.59 Å². The van der Waals surface area contributed by atoms with E-state index in [1.165, 1.54) is 0 Å². The fourth-order valence-electron chi connectivity index (χ4n) is 2.38. The minimum atomic E-state index is -0.0510. The summed E-state index contributed by atoms with van der Waals surface area (Å²) in [4.78, 5) is 25.8. The van der Waals surface area contributed by atoms with Crippen LogP contribution in [0.4, 0.5) is 11.4 Å². The SMILES string of the molecule is CC(N)CCC(=O)Nc1ccc(CC(=O)N(C)c2ccccc2)cc1.Cl. The predicted molar refractivity (Wildman–Crippen MR) is 109 cm³/mol. The summed E-state index contributed by atoms with van der Waals surface area (Å²) in [6, 6.07) is 16.9. The van der Waals surface area contributed by atoms with Crippen molar-refractivity contribution in [2.45, 2.75) is 32.2 Å². The highest BCUT2D eigenvalue weighted by molar-refractivity contribution is 5.94. The molecule has 5 nitrogen and oxygen atoms in total. The van der Waals surface area contributed by atoms with Crippen molar-refractivity contribution in [3.8, 4) is 0 Å². The van der Waals surface area contributed by atoms with Crippen molar-refractivity contribution in [3.05, 3.63) is 60.2 Å². The summed E-state index contributed by atoms with van der Waals surface area (Å²) in [5, 5.41) is 2.84. The van der Waals surface area contributed by atoms with E-state index in [0.29, 0.717) is 19.3 Å². The molecular formula is C20H26ClN3O2. The standard InChI is InChI=1S/C20H25N3O2.ClH/c1-15(21)8-13-19(24)22-17-11-9-16(10-12-17)14-20(25)23(2)18-6-4-3-5-7-18;/h3-7,9-12,15H,8,13-14,21H2,1-2H3,(H,22,24);1H. The van der Waals surface area contributed by atoms with Gasteiger partial charge in [0, 0.05) is 30.9 Å². The Balaban J connectivity index is 0.00000338. The Hall–Kier alpha value is -2.37. The van der Waals surface area contributed by atoms with Gasteiger partial charge in [0.25, 0.3) is 0 Å². The highest BCUT2D eigenvalue weighted by atomic mass is 35.5. The number of carbonyl (C=O) groups is 2. The number of hydrogen-bond acceptors (Lipinski definition) is 3. The quantitative estimate of drug-likeness (QED) is 0.778. The Morgan fingerprint density at radius 2 is 1.69 bits per heavy atom. The molecule has 2 amide bonds. The second-order valence-corrected chi connectivity index (χ2v) is 6.23. The number of nitrogens with one attached hydrogen (secondary N) is 1. The average Bonchev–Trinajstić information content (AvgIpc) is 2.61. The van der Waals surface area contributed by atoms with Gasteiger partial charge in [0.1, 0.15) is 0 Å². The van der Waals surface area contributed by atoms with E-state index >= 15 is 0 Å². The number of halogens is 1. The van der Waals surface area contributed by atoms with Crippen LogP contribution in [0.15, 0.2) is 54.6 Å². The zero-order valence-electron chi connectivity index (χ0n) is 15.1. The Morgan fingerprint density at radius 1 is 1.08 bits per heavy atom. The first-order valence-corrected chi connectivity index (χ1v) is 8.41. The molecule has 0 bridgehead atoms. The number of carbonyl (C=O) groups excluding carboxylic acids is 2. The van der Waals surface area contributed by atoms with E-state index in [-0.39, 0.29) is 30.3 Å². The minimum absolute atomic E-state index is 0. The number of benzene rings is 2. The minimum Gasteiger partial charge on any atom is -0.328 e. The maximum Gasteiger partial charge on any atom is 0.231 e. The fraction of sp³-hybridized carbons (Fsp3) is 0.300. The van der Waals surface area contributed by atoms with Crippen LogP contribution < -0.4 is 16.0 Å². The van der Waals surface area contributed by atoms with Crippen LogP contribution in [0.1, 0.15) is 25.3 Å². The maximum absolute atomic E-state index is 12.4. The summed E-state index contributed by atoms with van der Waals surface area (Å²) in [6.07, 6.45) is 1.37. The topological polar surface area (TPSA) is 75.4 Å². The molecule has 3 N–H and O–H groups in total. The molecule has 0 saturated heterocycles. The highest BCUT2D eigenvalue weighted by Crippen LogP contribution is 2.15. The van der Waals surface area contributed by atoms with Crippen molar-refractivity contribution in [3.63, 3.8) is 0 Å². The number of amides is 2. The number of likely N-dealkylation sites (N-methyl/N-ethyl adjacent to an activating group) is 1. The first kappa shape index (κ1) is 21.7. The van der Waals surface area contributed by atoms with Gasteiger partial charge in [-0.1, -0.05) is 30.3 Å². The Kier molecular flexibility index (Phi) is 8.82. The molecule has 140 valence electrons. The van der Waals surface area contributed by atoms with Crippen molar-refractivity contribution in [2.24, 2.45) is 5.73 Å². The molecule has 0 aliphatic heterocycles. The smallest absolute Gasteiger partial charge is 0.231 e. The maximum atomic E-state index is 12.4. The van der Waals surface area contributed by atoms with Crippen LogP contribution in [-0.2, 0) is 16.0 Å². The van der Waals surface area contributed by atoms with E-state index in [1.54, 1.807) is 11.9 Å². The van der Waals surface area contributed by atoms with Crippen molar-refractivity contribution in [1.29, 1.82) is 0 Å². The van der Waals surface area contributed by atoms with Gasteiger partial charge >= 0.3 is 0 Å². The molecule has 0 aromatic heterocycles. The average molecular weight is 376 g/mol. The van der Waals surface area contributed by atoms with Gasteiger partial charge in [-0.2, -0.15) is 0 Å². The van der Waals surface area contributed by atoms with Gasteiger partial charge in [0.05, 0.1) is 6.42 Å². The highest BCUT2D eigenvalue weighted by Gasteiger charge is 2.11. The van der Waals surface area contributed by atoms with Gasteiger partial charge in [-0.15, -0.1) is 12.4 Å². The van der Waals surface area contributed by atoms with E-state index in [2.05, 4.69) is 5.32 Å². The molecule has 1 atom stereocenters. The third-order valence-corrected chi connectivity index (χ3v) is 3.94. The molecular weight excluding hydrogens is 350 g/mol. The van der Waals surface area contributed by atoms with E-state index in [4.69, 9.17) is 5.73 Å². The molecule has 2 aromatic rings. The Bertz CT molecular complexity index is 703. The fourth-order valence-corrected chi connectivity index (χ4v) is 2.38. The predicted octanol–water partition coefficient (Wildman–Crippen LogP) is 3.38. The molecule has 2 rings (SSSR count). The number of hydrogen-bond donors (Lipinski definition) is 2. The first-order valence-electron chi connectivity index (χ1n) is 8.41. The summed E-state index contributed by atoms with van der Waals surface area (Å²) >= 11 is 0. The van der Waals surface area contributed by atoms with Crippen LogP contribution in [0.25, 0.3) is 0 Å². The van der Waals surface area contributed by atoms with Crippen LogP contribution in [0.5, 0.6) is 0 Å². The van der Waals surface area contributed by atoms with Crippen molar-refractivity contribution in [2.75, 3.05) is 17.3 Å². The Morgan fingerprint density at radius 3 is 2.27 bits per heavy atom. The largest absolute Gasteiger partial charge is 0.328 e. The molecule has 0 spiro atoms. The molecule has 0 radical (unpaired) electrons. The molecule has 6 heteroatoms. The van der Waals surface area contributed by atoms with Gasteiger partial charge < -0.3 is 16.0 Å². The lowest BCUT2D eigenvalue weighted by atomic mass is 10.1. The third-order valence-electron chi connectivity index (χ3n) is 3.94. The number of nitrogens with two attached hydrogens (primary N) is 1. The zero-order chi connectivity index (χ0) is 18.2. The van der Waals surface area contributed by atoms with Crippen LogP contribution in [0.3, 0.4) is 0 Å². The lowest BCUT2D eigenvalue weighted by molar-refractivity contribution is -0.118. The van der Waals surface area contributed by atoms with Gasteiger partial charge in [0.15, 0.2) is 0 Å². The van der Waals surface area contributed by atoms with E-state index < -0.39 is 0 Å².